The quantitative estimate of drug-likeness (QED) is 0.641. The van der Waals surface area contributed by atoms with Crippen LogP contribution in [0.25, 0.3) is 0 Å². The fourth-order valence-corrected chi connectivity index (χ4v) is 3.37. The Bertz CT molecular complexity index is 804. The lowest BCUT2D eigenvalue weighted by atomic mass is 9.88. The van der Waals surface area contributed by atoms with E-state index >= 15 is 0 Å². The Morgan fingerprint density at radius 1 is 0.963 bits per heavy atom. The van der Waals surface area contributed by atoms with Crippen molar-refractivity contribution in [3.05, 3.63) is 95.8 Å². The minimum Gasteiger partial charge on any atom is -0.387 e. The minimum atomic E-state index is -0.579. The van der Waals surface area contributed by atoms with Gasteiger partial charge in [0.25, 0.3) is 0 Å². The molecule has 0 radical (unpaired) electrons. The van der Waals surface area contributed by atoms with Crippen LogP contribution >= 0.6 is 0 Å². The Balaban J connectivity index is 1.59. The lowest BCUT2D eigenvalue weighted by Crippen LogP contribution is -2.27. The highest BCUT2D eigenvalue weighted by Crippen LogP contribution is 2.27. The molecule has 4 nitrogen and oxygen atoms in total. The zero-order valence-electron chi connectivity index (χ0n) is 15.6. The number of nitrogens with zero attached hydrogens (tertiary/aromatic N) is 1. The van der Waals surface area contributed by atoms with Crippen molar-refractivity contribution < 1.29 is 9.90 Å². The molecule has 27 heavy (non-hydrogen) atoms. The van der Waals surface area contributed by atoms with E-state index in [-0.39, 0.29) is 11.8 Å². The molecule has 3 rings (SSSR count). The molecule has 2 aromatic carbocycles. The third-order valence-corrected chi connectivity index (χ3v) is 4.86. The van der Waals surface area contributed by atoms with Crippen molar-refractivity contribution in [2.45, 2.75) is 24.9 Å². The average Bonchev–Trinajstić information content (AvgIpc) is 3.13. The number of hydrogen-bond donors (Lipinski definition) is 2. The molecule has 0 bridgehead atoms. The van der Waals surface area contributed by atoms with Gasteiger partial charge in [-0.3, -0.25) is 4.79 Å². The number of aliphatic hydroxyl groups is 1. The molecule has 0 fully saturated rings. The summed E-state index contributed by atoms with van der Waals surface area (Å²) in [5.41, 5.74) is 3.11. The molecule has 0 saturated carbocycles. The van der Waals surface area contributed by atoms with E-state index in [2.05, 4.69) is 29.6 Å². The van der Waals surface area contributed by atoms with E-state index in [9.17, 15) is 9.90 Å². The second kappa shape index (κ2) is 9.19. The number of aliphatic hydroxyl groups excluding tert-OH is 1. The van der Waals surface area contributed by atoms with Crippen LogP contribution in [-0.2, 0) is 11.8 Å². The molecule has 1 atom stereocenters. The number of carbonyl (C=O) groups excluding carboxylic acids is 1. The van der Waals surface area contributed by atoms with Crippen molar-refractivity contribution in [3.63, 3.8) is 0 Å². The fourth-order valence-electron chi connectivity index (χ4n) is 3.37. The summed E-state index contributed by atoms with van der Waals surface area (Å²) >= 11 is 0. The van der Waals surface area contributed by atoms with Gasteiger partial charge in [-0.05, 0) is 29.7 Å². The van der Waals surface area contributed by atoms with Crippen molar-refractivity contribution >= 4 is 5.91 Å². The minimum absolute atomic E-state index is 0.00760. The molecule has 1 amide bonds. The Morgan fingerprint density at radius 3 is 2.07 bits per heavy atom. The fraction of sp³-hybridized carbons (Fsp3) is 0.261. The number of benzene rings is 2. The van der Waals surface area contributed by atoms with E-state index in [1.165, 1.54) is 0 Å². The lowest BCUT2D eigenvalue weighted by Gasteiger charge is -2.18. The summed E-state index contributed by atoms with van der Waals surface area (Å²) < 4.78 is 1.90. The number of hydrogen-bond acceptors (Lipinski definition) is 2. The standard InChI is InChI=1S/C23H26N2O2/c1-25-16-8-13-21(25)22(26)14-15-24-23(27)17-20(18-9-4-2-5-10-18)19-11-6-3-7-12-19/h2-13,16,20,22,26H,14-15,17H2,1H3,(H,24,27). The molecule has 0 aliphatic heterocycles. The predicted molar refractivity (Wildman–Crippen MR) is 107 cm³/mol. The number of aromatic nitrogens is 1. The van der Waals surface area contributed by atoms with Crippen LogP contribution < -0.4 is 5.32 Å². The normalized spacial score (nSPS) is 12.1. The summed E-state index contributed by atoms with van der Waals surface area (Å²) in [5.74, 6) is 0.0111. The van der Waals surface area contributed by atoms with Crippen LogP contribution in [-0.4, -0.2) is 22.1 Å². The molecule has 0 spiro atoms. The maximum Gasteiger partial charge on any atom is 0.220 e. The molecule has 0 aliphatic carbocycles. The van der Waals surface area contributed by atoms with Gasteiger partial charge >= 0.3 is 0 Å². The smallest absolute Gasteiger partial charge is 0.220 e. The van der Waals surface area contributed by atoms with Gasteiger partial charge in [-0.1, -0.05) is 60.7 Å². The largest absolute Gasteiger partial charge is 0.387 e. The van der Waals surface area contributed by atoms with E-state index in [4.69, 9.17) is 0 Å². The highest BCUT2D eigenvalue weighted by Gasteiger charge is 2.18. The first kappa shape index (κ1) is 18.9. The van der Waals surface area contributed by atoms with Crippen molar-refractivity contribution in [2.75, 3.05) is 6.54 Å². The molecule has 1 unspecified atom stereocenters. The molecular formula is C23H26N2O2. The van der Waals surface area contributed by atoms with E-state index in [1.54, 1.807) is 0 Å². The number of carbonyl (C=O) groups is 1. The van der Waals surface area contributed by atoms with E-state index in [0.29, 0.717) is 19.4 Å². The number of nitrogens with one attached hydrogen (secondary N) is 1. The maximum atomic E-state index is 12.5. The van der Waals surface area contributed by atoms with Gasteiger partial charge in [-0.15, -0.1) is 0 Å². The zero-order chi connectivity index (χ0) is 19.1. The van der Waals surface area contributed by atoms with Crippen molar-refractivity contribution in [3.8, 4) is 0 Å². The SMILES string of the molecule is Cn1cccc1C(O)CCNC(=O)CC(c1ccccc1)c1ccccc1. The summed E-state index contributed by atoms with van der Waals surface area (Å²) in [6, 6.07) is 24.0. The van der Waals surface area contributed by atoms with Crippen LogP contribution in [0.2, 0.25) is 0 Å². The third kappa shape index (κ3) is 5.08. The Hall–Kier alpha value is -2.85. The molecule has 1 aromatic heterocycles. The van der Waals surface area contributed by atoms with Gasteiger partial charge in [0.15, 0.2) is 0 Å². The van der Waals surface area contributed by atoms with Crippen LogP contribution in [0.1, 0.15) is 41.7 Å². The molecule has 140 valence electrons. The van der Waals surface area contributed by atoms with Crippen LogP contribution in [0.4, 0.5) is 0 Å². The highest BCUT2D eigenvalue weighted by atomic mass is 16.3. The third-order valence-electron chi connectivity index (χ3n) is 4.86. The summed E-state index contributed by atoms with van der Waals surface area (Å²) in [4.78, 5) is 12.5. The molecule has 0 saturated heterocycles. The second-order valence-corrected chi connectivity index (χ2v) is 6.78. The predicted octanol–water partition coefficient (Wildman–Crippen LogP) is 3.79. The van der Waals surface area contributed by atoms with Gasteiger partial charge in [0, 0.05) is 37.8 Å². The molecule has 4 heteroatoms. The average molecular weight is 362 g/mol. The summed E-state index contributed by atoms with van der Waals surface area (Å²) in [6.07, 6.45) is 2.20. The Kier molecular flexibility index (Phi) is 6.44. The van der Waals surface area contributed by atoms with Gasteiger partial charge in [0.05, 0.1) is 6.10 Å². The summed E-state index contributed by atoms with van der Waals surface area (Å²) in [5, 5.41) is 13.2. The summed E-state index contributed by atoms with van der Waals surface area (Å²) in [7, 11) is 1.90. The number of aryl methyl sites for hydroxylation is 1. The van der Waals surface area contributed by atoms with Gasteiger partial charge in [-0.25, -0.2) is 0 Å². The number of amides is 1. The Labute approximate surface area is 160 Å². The van der Waals surface area contributed by atoms with Crippen molar-refractivity contribution in [2.24, 2.45) is 7.05 Å². The summed E-state index contributed by atoms with van der Waals surface area (Å²) in [6.45, 7) is 0.446. The first-order chi connectivity index (χ1) is 13.1. The van der Waals surface area contributed by atoms with Gasteiger partial charge in [0.2, 0.25) is 5.91 Å². The first-order valence-electron chi connectivity index (χ1n) is 9.31. The van der Waals surface area contributed by atoms with Crippen LogP contribution in [0.3, 0.4) is 0 Å². The van der Waals surface area contributed by atoms with Crippen molar-refractivity contribution in [1.29, 1.82) is 0 Å². The molecule has 0 aliphatic rings. The molecule has 2 N–H and O–H groups in total. The lowest BCUT2D eigenvalue weighted by molar-refractivity contribution is -0.121. The van der Waals surface area contributed by atoms with E-state index in [0.717, 1.165) is 16.8 Å². The zero-order valence-corrected chi connectivity index (χ0v) is 15.6. The second-order valence-electron chi connectivity index (χ2n) is 6.78. The van der Waals surface area contributed by atoms with Crippen LogP contribution in [0, 0.1) is 0 Å². The van der Waals surface area contributed by atoms with E-state index < -0.39 is 6.10 Å². The van der Waals surface area contributed by atoms with Crippen LogP contribution in [0.5, 0.6) is 0 Å². The molecule has 3 aromatic rings. The van der Waals surface area contributed by atoms with Gasteiger partial charge in [-0.2, -0.15) is 0 Å². The Morgan fingerprint density at radius 2 is 1.56 bits per heavy atom. The van der Waals surface area contributed by atoms with Gasteiger partial charge < -0.3 is 15.0 Å². The molecule has 1 heterocycles. The van der Waals surface area contributed by atoms with Gasteiger partial charge in [0.1, 0.15) is 0 Å². The topological polar surface area (TPSA) is 54.3 Å². The highest BCUT2D eigenvalue weighted by molar-refractivity contribution is 5.77. The monoisotopic (exact) mass is 362 g/mol. The van der Waals surface area contributed by atoms with E-state index in [1.807, 2.05) is 66.3 Å². The van der Waals surface area contributed by atoms with Crippen LogP contribution in [0.15, 0.2) is 79.0 Å². The maximum absolute atomic E-state index is 12.5. The molecular weight excluding hydrogens is 336 g/mol. The first-order valence-corrected chi connectivity index (χ1v) is 9.31. The number of rotatable bonds is 8. The van der Waals surface area contributed by atoms with Crippen molar-refractivity contribution in [1.82, 2.24) is 9.88 Å².